The fourth-order valence-electron chi connectivity index (χ4n) is 7.32. The van der Waals surface area contributed by atoms with Crippen molar-refractivity contribution in [2.24, 2.45) is 22.7 Å². The molecule has 1 heterocycles. The van der Waals surface area contributed by atoms with Gasteiger partial charge in [0.15, 0.2) is 0 Å². The quantitative estimate of drug-likeness (QED) is 0.585. The van der Waals surface area contributed by atoms with Crippen molar-refractivity contribution >= 4 is 11.9 Å². The van der Waals surface area contributed by atoms with Crippen molar-refractivity contribution in [2.45, 2.75) is 90.3 Å². The van der Waals surface area contributed by atoms with Gasteiger partial charge in [-0.15, -0.1) is 0 Å². The number of furan rings is 1. The Hall–Kier alpha value is -1.90. The Labute approximate surface area is 187 Å². The van der Waals surface area contributed by atoms with E-state index in [0.717, 1.165) is 0 Å². The van der Waals surface area contributed by atoms with Crippen LogP contribution < -0.4 is 0 Å². The van der Waals surface area contributed by atoms with Gasteiger partial charge in [-0.3, -0.25) is 9.59 Å². The smallest absolute Gasteiger partial charge is 0.303 e. The predicted molar refractivity (Wildman–Crippen MR) is 112 cm³/mol. The number of carbonyl (C=O) groups excluding carboxylic acids is 2. The molecule has 0 bridgehead atoms. The standard InChI is InChI=1S/C24H34O8/c1-12(25)31-17-7-9-21(3,4)24(29)20(27)19(32-13(2)26)18-15(22(17,24)5)11-16-14(8-10-30-16)23(18,6)28/h8,10,15,17-20,27-29H,7,9,11H2,1-6H3/t15-,17-,18+,19+,20-,22-,23+,24+/m0/s1. The molecule has 4 rings (SSSR count). The van der Waals surface area contributed by atoms with Crippen LogP contribution in [0.2, 0.25) is 0 Å². The molecule has 8 heteroatoms. The molecule has 2 fully saturated rings. The van der Waals surface area contributed by atoms with Crippen molar-refractivity contribution in [3.8, 4) is 0 Å². The SMILES string of the molecule is CC(=O)O[C@@H]1[C@H]2[C@H](Cc3occc3[C@@]2(C)O)[C@@]2(C)[C@@H](OC(C)=O)CCC(C)(C)[C@]2(O)[C@H]1O. The molecule has 1 aromatic rings. The van der Waals surface area contributed by atoms with Gasteiger partial charge in [-0.1, -0.05) is 20.8 Å². The molecule has 178 valence electrons. The molecule has 3 N–H and O–H groups in total. The number of aliphatic hydroxyl groups is 3. The van der Waals surface area contributed by atoms with Crippen LogP contribution in [-0.4, -0.2) is 51.2 Å². The monoisotopic (exact) mass is 450 g/mol. The molecule has 0 aliphatic heterocycles. The zero-order valence-electron chi connectivity index (χ0n) is 19.5. The summed E-state index contributed by atoms with van der Waals surface area (Å²) in [4.78, 5) is 24.1. The molecule has 0 spiro atoms. The van der Waals surface area contributed by atoms with Gasteiger partial charge in [0, 0.05) is 37.2 Å². The maximum absolute atomic E-state index is 12.4. The van der Waals surface area contributed by atoms with Gasteiger partial charge >= 0.3 is 11.9 Å². The van der Waals surface area contributed by atoms with Gasteiger partial charge in [-0.25, -0.2) is 0 Å². The number of fused-ring (bicyclic) bond motifs is 4. The normalized spacial score (nSPS) is 44.6. The number of aliphatic hydroxyl groups excluding tert-OH is 1. The predicted octanol–water partition coefficient (Wildman–Crippen LogP) is 2.07. The van der Waals surface area contributed by atoms with E-state index in [1.54, 1.807) is 13.0 Å². The number of hydrogen-bond donors (Lipinski definition) is 3. The van der Waals surface area contributed by atoms with Crippen molar-refractivity contribution in [3.05, 3.63) is 23.7 Å². The van der Waals surface area contributed by atoms with E-state index in [1.165, 1.54) is 20.1 Å². The van der Waals surface area contributed by atoms with E-state index in [2.05, 4.69) is 0 Å². The molecular formula is C24H34O8. The highest BCUT2D eigenvalue weighted by molar-refractivity contribution is 5.67. The van der Waals surface area contributed by atoms with Crippen LogP contribution in [0.25, 0.3) is 0 Å². The summed E-state index contributed by atoms with van der Waals surface area (Å²) in [5.41, 5.74) is -4.68. The molecule has 0 unspecified atom stereocenters. The summed E-state index contributed by atoms with van der Waals surface area (Å²) >= 11 is 0. The molecule has 3 aliphatic carbocycles. The largest absolute Gasteiger partial charge is 0.469 e. The molecule has 0 aromatic carbocycles. The number of hydrogen-bond acceptors (Lipinski definition) is 8. The first-order chi connectivity index (χ1) is 14.7. The molecule has 8 atom stereocenters. The Balaban J connectivity index is 1.99. The summed E-state index contributed by atoms with van der Waals surface area (Å²) in [5.74, 6) is -1.80. The van der Waals surface area contributed by atoms with E-state index in [0.29, 0.717) is 30.6 Å². The van der Waals surface area contributed by atoms with Crippen LogP contribution in [-0.2, 0) is 31.1 Å². The Morgan fingerprint density at radius 2 is 1.72 bits per heavy atom. The highest BCUT2D eigenvalue weighted by atomic mass is 16.6. The molecule has 3 aliphatic rings. The van der Waals surface area contributed by atoms with Crippen molar-refractivity contribution < 1.29 is 38.8 Å². The summed E-state index contributed by atoms with van der Waals surface area (Å²) < 4.78 is 17.1. The highest BCUT2D eigenvalue weighted by Crippen LogP contribution is 2.68. The molecule has 0 saturated heterocycles. The maximum Gasteiger partial charge on any atom is 0.303 e. The average Bonchev–Trinajstić information content (AvgIpc) is 3.15. The van der Waals surface area contributed by atoms with Crippen LogP contribution >= 0.6 is 0 Å². The number of ether oxygens (including phenoxy) is 2. The lowest BCUT2D eigenvalue weighted by Gasteiger charge is -2.70. The van der Waals surface area contributed by atoms with Gasteiger partial charge in [0.1, 0.15) is 29.7 Å². The third kappa shape index (κ3) is 2.78. The first-order valence-electron chi connectivity index (χ1n) is 11.2. The first-order valence-corrected chi connectivity index (χ1v) is 11.2. The van der Waals surface area contributed by atoms with Gasteiger partial charge in [0.05, 0.1) is 11.9 Å². The number of rotatable bonds is 2. The molecule has 0 amide bonds. The Kier molecular flexibility index (Phi) is 5.12. The van der Waals surface area contributed by atoms with E-state index in [-0.39, 0.29) is 0 Å². The van der Waals surface area contributed by atoms with E-state index >= 15 is 0 Å². The lowest BCUT2D eigenvalue weighted by molar-refractivity contribution is -0.350. The van der Waals surface area contributed by atoms with Gasteiger partial charge in [-0.05, 0) is 37.2 Å². The van der Waals surface area contributed by atoms with Crippen LogP contribution in [0.15, 0.2) is 16.7 Å². The molecule has 32 heavy (non-hydrogen) atoms. The van der Waals surface area contributed by atoms with Crippen LogP contribution in [0.5, 0.6) is 0 Å². The third-order valence-electron chi connectivity index (χ3n) is 8.81. The molecular weight excluding hydrogens is 416 g/mol. The van der Waals surface area contributed by atoms with Crippen LogP contribution in [0, 0.1) is 22.7 Å². The highest BCUT2D eigenvalue weighted by Gasteiger charge is 2.77. The maximum atomic E-state index is 12.4. The summed E-state index contributed by atoms with van der Waals surface area (Å²) in [6.45, 7) is 9.72. The van der Waals surface area contributed by atoms with Crippen LogP contribution in [0.1, 0.15) is 65.7 Å². The van der Waals surface area contributed by atoms with Gasteiger partial charge in [0.2, 0.25) is 0 Å². The minimum absolute atomic E-state index is 0.334. The van der Waals surface area contributed by atoms with Crippen molar-refractivity contribution in [2.75, 3.05) is 0 Å². The molecule has 8 nitrogen and oxygen atoms in total. The number of carbonyl (C=O) groups is 2. The van der Waals surface area contributed by atoms with Crippen molar-refractivity contribution in [1.82, 2.24) is 0 Å². The van der Waals surface area contributed by atoms with E-state index < -0.39 is 64.1 Å². The molecule has 1 aromatic heterocycles. The van der Waals surface area contributed by atoms with Crippen molar-refractivity contribution in [3.63, 3.8) is 0 Å². The fraction of sp³-hybridized carbons (Fsp3) is 0.750. The van der Waals surface area contributed by atoms with Gasteiger partial charge in [0.25, 0.3) is 0 Å². The zero-order valence-corrected chi connectivity index (χ0v) is 19.5. The Morgan fingerprint density at radius 3 is 2.31 bits per heavy atom. The topological polar surface area (TPSA) is 126 Å². The average molecular weight is 451 g/mol. The van der Waals surface area contributed by atoms with E-state index in [4.69, 9.17) is 13.9 Å². The number of esters is 2. The summed E-state index contributed by atoms with van der Waals surface area (Å²) in [6.07, 6.45) is -0.565. The van der Waals surface area contributed by atoms with E-state index in [1.807, 2.05) is 20.8 Å². The second-order valence-corrected chi connectivity index (χ2v) is 10.8. The van der Waals surface area contributed by atoms with Gasteiger partial charge < -0.3 is 29.2 Å². The summed E-state index contributed by atoms with van der Waals surface area (Å²) in [6, 6.07) is 1.68. The molecule has 0 radical (unpaired) electrons. The van der Waals surface area contributed by atoms with Gasteiger partial charge in [-0.2, -0.15) is 0 Å². The third-order valence-corrected chi connectivity index (χ3v) is 8.81. The zero-order chi connectivity index (χ0) is 23.9. The molecule has 2 saturated carbocycles. The van der Waals surface area contributed by atoms with Crippen molar-refractivity contribution in [1.29, 1.82) is 0 Å². The Morgan fingerprint density at radius 1 is 1.09 bits per heavy atom. The van der Waals surface area contributed by atoms with Crippen LogP contribution in [0.4, 0.5) is 0 Å². The summed E-state index contributed by atoms with van der Waals surface area (Å²) in [7, 11) is 0. The second-order valence-electron chi connectivity index (χ2n) is 10.8. The lowest BCUT2D eigenvalue weighted by Crippen LogP contribution is -2.81. The second kappa shape index (κ2) is 7.05. The van der Waals surface area contributed by atoms with E-state index in [9.17, 15) is 24.9 Å². The minimum Gasteiger partial charge on any atom is -0.469 e. The Bertz CT molecular complexity index is 932. The lowest BCUT2D eigenvalue weighted by atomic mass is 9.38. The fourth-order valence-corrected chi connectivity index (χ4v) is 7.32. The first kappa shape index (κ1) is 23.3. The minimum atomic E-state index is -1.78. The van der Waals surface area contributed by atoms with Crippen LogP contribution in [0.3, 0.4) is 0 Å². The summed E-state index contributed by atoms with van der Waals surface area (Å²) in [5, 5.41) is 35.8.